The maximum Gasteiger partial charge on any atom is 0.338 e. The molecule has 1 heterocycles. The van der Waals surface area contributed by atoms with Gasteiger partial charge < -0.3 is 14.5 Å². The summed E-state index contributed by atoms with van der Waals surface area (Å²) in [6.07, 6.45) is 0. The zero-order valence-corrected chi connectivity index (χ0v) is 17.1. The van der Waals surface area contributed by atoms with Gasteiger partial charge in [-0.05, 0) is 48.9 Å². The number of nitrogens with one attached hydrogen (secondary N) is 1. The maximum atomic E-state index is 11.9. The molecule has 0 aliphatic carbocycles. The van der Waals surface area contributed by atoms with Gasteiger partial charge in [0.1, 0.15) is 5.75 Å². The van der Waals surface area contributed by atoms with Crippen LogP contribution in [0.1, 0.15) is 27.0 Å². The van der Waals surface area contributed by atoms with Gasteiger partial charge in [-0.15, -0.1) is 0 Å². The van der Waals surface area contributed by atoms with Gasteiger partial charge in [0.05, 0.1) is 28.7 Å². The SMILES string of the molecule is COC(=O)c1cc(Oc2nc3cc(C#Cc4ccccc4)c(Cl)cc3[nH]2)ccc1C. The van der Waals surface area contributed by atoms with Crippen molar-refractivity contribution in [2.24, 2.45) is 0 Å². The second kappa shape index (κ2) is 8.32. The van der Waals surface area contributed by atoms with Crippen molar-refractivity contribution in [3.63, 3.8) is 0 Å². The number of carbonyl (C=O) groups excluding carboxylic acids is 1. The van der Waals surface area contributed by atoms with Crippen molar-refractivity contribution in [1.29, 1.82) is 0 Å². The van der Waals surface area contributed by atoms with Crippen LogP contribution in [-0.2, 0) is 4.74 Å². The lowest BCUT2D eigenvalue weighted by Gasteiger charge is -2.07. The molecule has 0 amide bonds. The van der Waals surface area contributed by atoms with Gasteiger partial charge in [0.25, 0.3) is 6.01 Å². The normalized spacial score (nSPS) is 10.4. The quantitative estimate of drug-likeness (QED) is 0.353. The molecule has 0 unspecified atom stereocenters. The summed E-state index contributed by atoms with van der Waals surface area (Å²) in [6.45, 7) is 1.83. The highest BCUT2D eigenvalue weighted by atomic mass is 35.5. The number of aromatic nitrogens is 2. The molecule has 0 saturated carbocycles. The molecule has 6 heteroatoms. The number of fused-ring (bicyclic) bond motifs is 1. The van der Waals surface area contributed by atoms with Crippen LogP contribution >= 0.6 is 11.6 Å². The predicted octanol–water partition coefficient (Wildman–Crippen LogP) is 5.50. The molecular formula is C24H17ClN2O3. The Morgan fingerprint density at radius 3 is 2.63 bits per heavy atom. The van der Waals surface area contributed by atoms with Gasteiger partial charge >= 0.3 is 5.97 Å². The van der Waals surface area contributed by atoms with E-state index < -0.39 is 5.97 Å². The largest absolute Gasteiger partial charge is 0.465 e. The Balaban J connectivity index is 1.63. The van der Waals surface area contributed by atoms with Gasteiger partial charge in [0.2, 0.25) is 0 Å². The summed E-state index contributed by atoms with van der Waals surface area (Å²) in [5.74, 6) is 6.23. The fourth-order valence-electron chi connectivity index (χ4n) is 2.92. The van der Waals surface area contributed by atoms with Gasteiger partial charge in [0.15, 0.2) is 0 Å². The van der Waals surface area contributed by atoms with E-state index in [4.69, 9.17) is 21.1 Å². The predicted molar refractivity (Wildman–Crippen MR) is 116 cm³/mol. The molecule has 0 aliphatic heterocycles. The molecule has 1 aromatic heterocycles. The number of imidazole rings is 1. The lowest BCUT2D eigenvalue weighted by atomic mass is 10.1. The van der Waals surface area contributed by atoms with E-state index in [1.54, 1.807) is 24.3 Å². The number of hydrogen-bond donors (Lipinski definition) is 1. The van der Waals surface area contributed by atoms with E-state index in [-0.39, 0.29) is 6.01 Å². The number of benzene rings is 3. The number of hydrogen-bond acceptors (Lipinski definition) is 4. The third-order valence-electron chi connectivity index (χ3n) is 4.49. The number of aromatic amines is 1. The molecular weight excluding hydrogens is 400 g/mol. The number of rotatable bonds is 3. The highest BCUT2D eigenvalue weighted by Gasteiger charge is 2.13. The smallest absolute Gasteiger partial charge is 0.338 e. The summed E-state index contributed by atoms with van der Waals surface area (Å²) in [6, 6.07) is 18.7. The van der Waals surface area contributed by atoms with E-state index in [1.807, 2.05) is 43.3 Å². The number of ether oxygens (including phenoxy) is 2. The number of esters is 1. The van der Waals surface area contributed by atoms with E-state index in [0.29, 0.717) is 27.4 Å². The van der Waals surface area contributed by atoms with Crippen molar-refractivity contribution < 1.29 is 14.3 Å². The number of H-pyrrole nitrogens is 1. The van der Waals surface area contributed by atoms with E-state index >= 15 is 0 Å². The van der Waals surface area contributed by atoms with Crippen molar-refractivity contribution in [2.75, 3.05) is 7.11 Å². The fraction of sp³-hybridized carbons (Fsp3) is 0.0833. The highest BCUT2D eigenvalue weighted by Crippen LogP contribution is 2.27. The molecule has 5 nitrogen and oxygen atoms in total. The third-order valence-corrected chi connectivity index (χ3v) is 4.81. The van der Waals surface area contributed by atoms with Gasteiger partial charge in [-0.25, -0.2) is 4.79 Å². The lowest BCUT2D eigenvalue weighted by Crippen LogP contribution is -2.04. The van der Waals surface area contributed by atoms with E-state index in [0.717, 1.165) is 16.6 Å². The van der Waals surface area contributed by atoms with Crippen LogP contribution in [0.15, 0.2) is 60.7 Å². The second-order valence-corrected chi connectivity index (χ2v) is 6.98. The standard InChI is InChI=1S/C24H17ClN2O3/c1-15-8-11-18(13-19(15)23(28)29-2)30-24-26-21-12-17(20(25)14-22(21)27-24)10-9-16-6-4-3-5-7-16/h3-8,11-14H,1-2H3,(H,26,27). The minimum absolute atomic E-state index is 0.286. The second-order valence-electron chi connectivity index (χ2n) is 6.58. The summed E-state index contributed by atoms with van der Waals surface area (Å²) < 4.78 is 10.6. The van der Waals surface area contributed by atoms with Crippen LogP contribution in [0.4, 0.5) is 0 Å². The molecule has 0 bridgehead atoms. The Hall–Kier alpha value is -3.75. The zero-order chi connectivity index (χ0) is 21.1. The molecule has 148 valence electrons. The van der Waals surface area contributed by atoms with Crippen LogP contribution in [0.3, 0.4) is 0 Å². The molecule has 0 spiro atoms. The van der Waals surface area contributed by atoms with E-state index in [2.05, 4.69) is 21.8 Å². The summed E-state index contributed by atoms with van der Waals surface area (Å²) in [4.78, 5) is 19.4. The maximum absolute atomic E-state index is 11.9. The van der Waals surface area contributed by atoms with Crippen LogP contribution in [0.5, 0.6) is 11.8 Å². The first-order chi connectivity index (χ1) is 14.5. The Kier molecular flexibility index (Phi) is 5.42. The summed E-state index contributed by atoms with van der Waals surface area (Å²) in [5, 5.41) is 0.518. The first-order valence-corrected chi connectivity index (χ1v) is 9.54. The third kappa shape index (κ3) is 4.14. The van der Waals surface area contributed by atoms with Crippen molar-refractivity contribution in [2.45, 2.75) is 6.92 Å². The van der Waals surface area contributed by atoms with Gasteiger partial charge in [-0.1, -0.05) is 47.7 Å². The molecule has 3 aromatic carbocycles. The number of carbonyl (C=O) groups is 1. The van der Waals surface area contributed by atoms with Crippen LogP contribution < -0.4 is 4.74 Å². The average Bonchev–Trinajstić information content (AvgIpc) is 3.14. The zero-order valence-electron chi connectivity index (χ0n) is 16.3. The summed E-state index contributed by atoms with van der Waals surface area (Å²) in [7, 11) is 1.34. The van der Waals surface area contributed by atoms with Gasteiger partial charge in [-0.2, -0.15) is 4.98 Å². The lowest BCUT2D eigenvalue weighted by molar-refractivity contribution is 0.0599. The Morgan fingerprint density at radius 2 is 1.87 bits per heavy atom. The van der Waals surface area contributed by atoms with Crippen molar-refractivity contribution in [3.05, 3.63) is 87.9 Å². The van der Waals surface area contributed by atoms with Crippen LogP contribution in [0.25, 0.3) is 11.0 Å². The molecule has 0 radical (unpaired) electrons. The van der Waals surface area contributed by atoms with Crippen molar-refractivity contribution in [1.82, 2.24) is 9.97 Å². The highest BCUT2D eigenvalue weighted by molar-refractivity contribution is 6.32. The Labute approximate surface area is 178 Å². The molecule has 0 fully saturated rings. The minimum atomic E-state index is -0.420. The van der Waals surface area contributed by atoms with E-state index in [1.165, 1.54) is 7.11 Å². The molecule has 1 N–H and O–H groups in total. The van der Waals surface area contributed by atoms with Crippen LogP contribution in [-0.4, -0.2) is 23.0 Å². The summed E-state index contributed by atoms with van der Waals surface area (Å²) >= 11 is 6.39. The van der Waals surface area contributed by atoms with E-state index in [9.17, 15) is 4.79 Å². The summed E-state index contributed by atoms with van der Waals surface area (Å²) in [5.41, 5.74) is 4.21. The first-order valence-electron chi connectivity index (χ1n) is 9.16. The average molecular weight is 417 g/mol. The monoisotopic (exact) mass is 416 g/mol. The number of nitrogens with zero attached hydrogens (tertiary/aromatic N) is 1. The van der Waals surface area contributed by atoms with Crippen molar-refractivity contribution >= 4 is 28.6 Å². The van der Waals surface area contributed by atoms with Gasteiger partial charge in [0, 0.05) is 11.1 Å². The molecule has 0 saturated heterocycles. The first kappa shape index (κ1) is 19.6. The molecule has 4 rings (SSSR count). The van der Waals surface area contributed by atoms with Crippen molar-refractivity contribution in [3.8, 4) is 23.6 Å². The Morgan fingerprint density at radius 1 is 1.07 bits per heavy atom. The number of aryl methyl sites for hydroxylation is 1. The molecule has 0 aliphatic rings. The van der Waals surface area contributed by atoms with Gasteiger partial charge in [-0.3, -0.25) is 0 Å². The van der Waals surface area contributed by atoms with Crippen LogP contribution in [0.2, 0.25) is 5.02 Å². The van der Waals surface area contributed by atoms with Crippen LogP contribution in [0, 0.1) is 18.8 Å². The molecule has 4 aromatic rings. The molecule has 0 atom stereocenters. The minimum Gasteiger partial charge on any atom is -0.465 e. The Bertz CT molecular complexity index is 1300. The number of halogens is 1. The fourth-order valence-corrected chi connectivity index (χ4v) is 3.13. The molecule has 30 heavy (non-hydrogen) atoms. The number of methoxy groups -OCH3 is 1. The topological polar surface area (TPSA) is 64.2 Å².